The molecule has 0 fully saturated rings. The molecular formula is C62H70N3OPt-. The molecule has 350 valence electrons. The first-order chi connectivity index (χ1) is 34.9. The van der Waals surface area contributed by atoms with Crippen LogP contribution in [0.25, 0.3) is 61.5 Å². The van der Waals surface area contributed by atoms with Crippen LogP contribution in [0.15, 0.2) is 134 Å². The van der Waals surface area contributed by atoms with Crippen LogP contribution >= 0.6 is 0 Å². The van der Waals surface area contributed by atoms with Crippen LogP contribution in [-0.4, -0.2) is 19.6 Å². The van der Waals surface area contributed by atoms with Gasteiger partial charge in [0.1, 0.15) is 11.6 Å². The average Bonchev–Trinajstić information content (AvgIpc) is 3.70. The second-order valence-electron chi connectivity index (χ2n) is 20.9. The van der Waals surface area contributed by atoms with Crippen molar-refractivity contribution in [1.29, 1.82) is 0 Å². The number of hydrogen-bond acceptors (Lipinski definition) is 3. The fourth-order valence-corrected chi connectivity index (χ4v) is 8.06. The number of fused-ring (bicyclic) bond motifs is 1. The molecule has 8 aromatic rings. The zero-order chi connectivity index (χ0) is 56.7. The molecule has 2 heterocycles. The summed E-state index contributed by atoms with van der Waals surface area (Å²) in [6.07, 6.45) is 0.610. The molecule has 0 amide bonds. The summed E-state index contributed by atoms with van der Waals surface area (Å²) in [7, 11) is 0. The summed E-state index contributed by atoms with van der Waals surface area (Å²) in [5.41, 5.74) is 13.6. The monoisotopic (exact) mass is 1080 g/mol. The van der Waals surface area contributed by atoms with Gasteiger partial charge >= 0.3 is 0 Å². The summed E-state index contributed by atoms with van der Waals surface area (Å²) in [6.45, 7) is 31.6. The number of hydrogen-bond donors (Lipinski definition) is 1. The second-order valence-corrected chi connectivity index (χ2v) is 20.9. The van der Waals surface area contributed by atoms with E-state index >= 15 is 0 Å². The van der Waals surface area contributed by atoms with Gasteiger partial charge in [-0.1, -0.05) is 175 Å². The molecule has 67 heavy (non-hydrogen) atoms. The van der Waals surface area contributed by atoms with Crippen LogP contribution in [0.2, 0.25) is 0 Å². The normalized spacial score (nSPS) is 14.4. The van der Waals surface area contributed by atoms with Gasteiger partial charge in [-0.05, 0) is 116 Å². The molecule has 8 rings (SSSR count). The Morgan fingerprint density at radius 1 is 0.642 bits per heavy atom. The number of para-hydroxylation sites is 1. The summed E-state index contributed by atoms with van der Waals surface area (Å²) >= 11 is 0. The molecule has 6 aromatic carbocycles. The standard InChI is InChI=1S/C51H61N2O.C11H9N.Pt/c1-30(2)35-24-36(31(3)4)26-37(25-35)34-19-20-44(33(6)23-34)53-45-18-16-17-41(38-21-32(5)22-39(27-38)49(7,8)9)46(45)52-48(53)42-28-40(50(10,11)12)29-43(47(42)54)51(13,14)15;1-2-4-10(5-3-1)11-6-8-12-9-7-11;/h16-20,22-31,54H,1-15H3;1-9H;/q-1;;/i30D,31D;1D,2D,3D,4D,5D,6D,7D,8D;. The Morgan fingerprint density at radius 2 is 1.27 bits per heavy atom. The molecule has 1 N–H and O–H groups in total. The maximum Gasteiger partial charge on any atom is 0.148 e. The van der Waals surface area contributed by atoms with E-state index < -0.39 is 54.2 Å². The van der Waals surface area contributed by atoms with Gasteiger partial charge in [0.25, 0.3) is 0 Å². The van der Waals surface area contributed by atoms with E-state index in [0.717, 1.165) is 78.6 Å². The predicted octanol–water partition coefficient (Wildman–Crippen LogP) is 17.0. The zero-order valence-corrected chi connectivity index (χ0v) is 44.0. The number of aryl methyl sites for hydroxylation is 2. The molecule has 0 aliphatic carbocycles. The third-order valence-electron chi connectivity index (χ3n) is 12.0. The Balaban J connectivity index is 0.000000383. The molecule has 0 bridgehead atoms. The Labute approximate surface area is 430 Å². The van der Waals surface area contributed by atoms with Crippen molar-refractivity contribution in [3.63, 3.8) is 0 Å². The maximum atomic E-state index is 12.3. The number of aromatic nitrogens is 3. The molecule has 0 aliphatic heterocycles. The van der Waals surface area contributed by atoms with Gasteiger partial charge in [-0.25, -0.2) is 4.98 Å². The van der Waals surface area contributed by atoms with E-state index in [-0.39, 0.29) is 60.2 Å². The van der Waals surface area contributed by atoms with Gasteiger partial charge in [-0.3, -0.25) is 9.55 Å². The first kappa shape index (κ1) is 38.4. The summed E-state index contributed by atoms with van der Waals surface area (Å²) in [6, 6.07) is 28.1. The van der Waals surface area contributed by atoms with Crippen molar-refractivity contribution < 1.29 is 39.9 Å². The number of benzene rings is 6. The minimum atomic E-state index is -0.814. The minimum absolute atomic E-state index is 0. The van der Waals surface area contributed by atoms with E-state index in [2.05, 4.69) is 165 Å². The molecule has 0 radical (unpaired) electrons. The van der Waals surface area contributed by atoms with Crippen molar-refractivity contribution in [3.8, 4) is 56.2 Å². The van der Waals surface area contributed by atoms with Gasteiger partial charge in [-0.15, -0.1) is 34.9 Å². The third kappa shape index (κ3) is 11.2. The molecule has 5 heteroatoms. The minimum Gasteiger partial charge on any atom is -0.507 e. The number of pyridine rings is 1. The molecule has 4 nitrogen and oxygen atoms in total. The summed E-state index contributed by atoms with van der Waals surface area (Å²) in [5, 5.41) is 12.3. The number of nitrogens with zero attached hydrogens (tertiary/aromatic N) is 3. The van der Waals surface area contributed by atoms with E-state index in [1.165, 1.54) is 5.56 Å². The van der Waals surface area contributed by atoms with Gasteiger partial charge in [0, 0.05) is 41.7 Å². The second kappa shape index (κ2) is 20.0. The molecule has 0 saturated carbocycles. The van der Waals surface area contributed by atoms with Gasteiger partial charge in [0.15, 0.2) is 0 Å². The molecule has 0 unspecified atom stereocenters. The van der Waals surface area contributed by atoms with Gasteiger partial charge in [0.05, 0.1) is 33.3 Å². The summed E-state index contributed by atoms with van der Waals surface area (Å²) in [5.74, 6) is -0.705. The van der Waals surface area contributed by atoms with Gasteiger partial charge in [-0.2, -0.15) is 0 Å². The first-order valence-corrected chi connectivity index (χ1v) is 22.6. The zero-order valence-electron chi connectivity index (χ0n) is 51.7. The van der Waals surface area contributed by atoms with Crippen LogP contribution in [0.1, 0.15) is 154 Å². The first-order valence-electron chi connectivity index (χ1n) is 27.6. The van der Waals surface area contributed by atoms with E-state index in [1.807, 2.05) is 33.8 Å². The predicted molar refractivity (Wildman–Crippen MR) is 281 cm³/mol. The Hall–Kier alpha value is -5.57. The summed E-state index contributed by atoms with van der Waals surface area (Å²) in [4.78, 5) is 9.03. The van der Waals surface area contributed by atoms with Crippen LogP contribution in [0, 0.1) is 19.9 Å². The Kier molecular flexibility index (Phi) is 11.4. The molecule has 0 atom stereocenters. The number of phenols is 1. The number of aromatic hydroxyl groups is 1. The smallest absolute Gasteiger partial charge is 0.148 e. The molecule has 0 spiro atoms. The average molecular weight is 1080 g/mol. The van der Waals surface area contributed by atoms with Crippen LogP contribution < -0.4 is 0 Å². The molecule has 0 saturated heterocycles. The Morgan fingerprint density at radius 3 is 1.87 bits per heavy atom. The van der Waals surface area contributed by atoms with E-state index in [4.69, 9.17) is 18.7 Å². The quantitative estimate of drug-likeness (QED) is 0.162. The Bertz CT molecular complexity index is 3530. The van der Waals surface area contributed by atoms with Crippen LogP contribution in [0.3, 0.4) is 0 Å². The molecular weight excluding hydrogens is 998 g/mol. The van der Waals surface area contributed by atoms with Crippen molar-refractivity contribution in [2.75, 3.05) is 0 Å². The molecule has 0 aliphatic rings. The SMILES string of the molecule is [2H]C(C)(C)c1cc(-c2ccc(-n3c(-c4cc(C(C)(C)C)cc(C(C)(C)C)c4O)nc4c(-c5[c-]c(C)cc(C(C)(C)C)c5)cccc43)c(C)c2)cc(C([2H])(C)C)c1.[2H]c1cnc([2H])c([2H])c1-c1c([2H])c([2H])c([2H])c([2H])c1[2H].[Pt]. The van der Waals surface area contributed by atoms with Crippen LogP contribution in [0.4, 0.5) is 0 Å². The van der Waals surface area contributed by atoms with Gasteiger partial charge < -0.3 is 5.11 Å². The van der Waals surface area contributed by atoms with E-state index in [1.54, 1.807) is 0 Å². The van der Waals surface area contributed by atoms with Crippen molar-refractivity contribution >= 4 is 11.0 Å². The van der Waals surface area contributed by atoms with E-state index in [0.29, 0.717) is 11.4 Å². The van der Waals surface area contributed by atoms with Crippen molar-refractivity contribution in [2.45, 2.75) is 132 Å². The fourth-order valence-electron chi connectivity index (χ4n) is 8.06. The van der Waals surface area contributed by atoms with Crippen molar-refractivity contribution in [2.24, 2.45) is 0 Å². The van der Waals surface area contributed by atoms with Crippen molar-refractivity contribution in [1.82, 2.24) is 14.5 Å². The number of rotatable bonds is 7. The number of imidazole rings is 1. The van der Waals surface area contributed by atoms with E-state index in [9.17, 15) is 5.11 Å². The van der Waals surface area contributed by atoms with Crippen LogP contribution in [-0.2, 0) is 37.3 Å². The molecule has 2 aromatic heterocycles. The fraction of sp³-hybridized carbons (Fsp3) is 0.323. The van der Waals surface area contributed by atoms with Gasteiger partial charge in [0.2, 0.25) is 0 Å². The largest absolute Gasteiger partial charge is 0.507 e. The van der Waals surface area contributed by atoms with Crippen molar-refractivity contribution in [3.05, 3.63) is 179 Å². The maximum absolute atomic E-state index is 12.3. The van der Waals surface area contributed by atoms with Crippen LogP contribution in [0.5, 0.6) is 5.75 Å². The summed E-state index contributed by atoms with van der Waals surface area (Å²) < 4.78 is 81.2. The topological polar surface area (TPSA) is 50.9 Å². The number of phenolic OH excluding ortho intramolecular Hbond substituents is 1. The third-order valence-corrected chi connectivity index (χ3v) is 12.0.